The van der Waals surface area contributed by atoms with E-state index in [1.807, 2.05) is 26.8 Å². The van der Waals surface area contributed by atoms with Crippen LogP contribution in [0.4, 0.5) is 10.6 Å². The predicted molar refractivity (Wildman–Crippen MR) is 101 cm³/mol. The number of esters is 1. The number of morpholine rings is 1. The van der Waals surface area contributed by atoms with Crippen molar-refractivity contribution in [3.63, 3.8) is 0 Å². The maximum absolute atomic E-state index is 12.3. The first-order chi connectivity index (χ1) is 12.8. The molecule has 1 fully saturated rings. The molecule has 8 heteroatoms. The Hall–Kier alpha value is -2.45. The summed E-state index contributed by atoms with van der Waals surface area (Å²) >= 11 is 0. The van der Waals surface area contributed by atoms with Crippen LogP contribution in [0.1, 0.15) is 31.9 Å². The molecule has 2 amide bonds. The maximum Gasteiger partial charge on any atom is 0.331 e. The number of fused-ring (bicyclic) bond motifs is 1. The Morgan fingerprint density at radius 1 is 1.37 bits per heavy atom. The molecule has 0 radical (unpaired) electrons. The summed E-state index contributed by atoms with van der Waals surface area (Å²) in [5, 5.41) is 2.82. The number of carbonyl (C=O) groups excluding carboxylic acids is 2. The van der Waals surface area contributed by atoms with Gasteiger partial charge in [-0.25, -0.2) is 14.6 Å². The quantitative estimate of drug-likeness (QED) is 0.642. The fourth-order valence-corrected chi connectivity index (χ4v) is 2.91. The Balaban J connectivity index is 1.66. The lowest BCUT2D eigenvalue weighted by molar-refractivity contribution is -0.148. The number of hydrogen-bond acceptors (Lipinski definition) is 6. The van der Waals surface area contributed by atoms with Crippen molar-refractivity contribution in [2.75, 3.05) is 38.3 Å². The molecule has 0 saturated carbocycles. The third kappa shape index (κ3) is 5.51. The summed E-state index contributed by atoms with van der Waals surface area (Å²) < 4.78 is 10.6. The number of aromatic nitrogens is 1. The van der Waals surface area contributed by atoms with Crippen molar-refractivity contribution in [1.29, 1.82) is 0 Å². The van der Waals surface area contributed by atoms with E-state index in [-0.39, 0.29) is 6.03 Å². The van der Waals surface area contributed by atoms with Crippen LogP contribution >= 0.6 is 0 Å². The zero-order valence-corrected chi connectivity index (χ0v) is 16.0. The minimum atomic E-state index is -0.528. The fourth-order valence-electron chi connectivity index (χ4n) is 2.91. The van der Waals surface area contributed by atoms with Crippen LogP contribution in [0.5, 0.6) is 0 Å². The zero-order valence-electron chi connectivity index (χ0n) is 16.0. The monoisotopic (exact) mass is 374 g/mol. The van der Waals surface area contributed by atoms with Gasteiger partial charge in [0.25, 0.3) is 0 Å². The number of urea groups is 1. The molecular formula is C19H26N4O4. The molecule has 8 nitrogen and oxygen atoms in total. The number of rotatable bonds is 4. The molecule has 2 aliphatic heterocycles. The zero-order chi connectivity index (χ0) is 19.4. The van der Waals surface area contributed by atoms with E-state index in [0.29, 0.717) is 32.2 Å². The average Bonchev–Trinajstić information content (AvgIpc) is 2.60. The van der Waals surface area contributed by atoms with Crippen LogP contribution in [-0.2, 0) is 20.8 Å². The van der Waals surface area contributed by atoms with Gasteiger partial charge in [-0.2, -0.15) is 0 Å². The molecule has 1 aromatic heterocycles. The summed E-state index contributed by atoms with van der Waals surface area (Å²) in [5.41, 5.74) is 1.16. The summed E-state index contributed by atoms with van der Waals surface area (Å²) in [7, 11) is 0. The van der Waals surface area contributed by atoms with E-state index in [9.17, 15) is 9.59 Å². The van der Waals surface area contributed by atoms with Gasteiger partial charge >= 0.3 is 12.0 Å². The molecule has 0 bridgehead atoms. The van der Waals surface area contributed by atoms with E-state index in [0.717, 1.165) is 24.2 Å². The summed E-state index contributed by atoms with van der Waals surface area (Å²) in [4.78, 5) is 32.4. The topological polar surface area (TPSA) is 84.0 Å². The van der Waals surface area contributed by atoms with Gasteiger partial charge < -0.3 is 14.4 Å². The Morgan fingerprint density at radius 3 is 2.81 bits per heavy atom. The standard InChI is InChI=1S/C19H26N4O4/c1-19(2,3)27-16(24)5-4-14-10-15-12-23(13-22-6-8-26-9-7-22)18(25)21-17(15)20-11-14/h4-5,10-11H,6-9,12-13H2,1-3H3,(H,20,21,25). The Kier molecular flexibility index (Phi) is 5.76. The molecule has 0 spiro atoms. The van der Waals surface area contributed by atoms with Crippen LogP contribution in [0.2, 0.25) is 0 Å². The van der Waals surface area contributed by atoms with Crippen LogP contribution in [0, 0.1) is 0 Å². The highest BCUT2D eigenvalue weighted by Gasteiger charge is 2.26. The fraction of sp³-hybridized carbons (Fsp3) is 0.526. The number of anilines is 1. The first-order valence-electron chi connectivity index (χ1n) is 9.06. The van der Waals surface area contributed by atoms with Crippen molar-refractivity contribution in [2.45, 2.75) is 32.9 Å². The van der Waals surface area contributed by atoms with Gasteiger partial charge in [-0.15, -0.1) is 0 Å². The highest BCUT2D eigenvalue weighted by Crippen LogP contribution is 2.23. The molecule has 1 N–H and O–H groups in total. The minimum Gasteiger partial charge on any atom is -0.457 e. The maximum atomic E-state index is 12.3. The van der Waals surface area contributed by atoms with E-state index in [1.54, 1.807) is 17.2 Å². The first-order valence-corrected chi connectivity index (χ1v) is 9.06. The third-order valence-electron chi connectivity index (χ3n) is 4.15. The van der Waals surface area contributed by atoms with Crippen molar-refractivity contribution in [3.8, 4) is 0 Å². The van der Waals surface area contributed by atoms with E-state index < -0.39 is 11.6 Å². The van der Waals surface area contributed by atoms with Gasteiger partial charge in [0.05, 0.1) is 26.4 Å². The normalized spacial score (nSPS) is 18.3. The number of nitrogens with zero attached hydrogens (tertiary/aromatic N) is 3. The van der Waals surface area contributed by atoms with Crippen LogP contribution in [0.15, 0.2) is 18.3 Å². The van der Waals surface area contributed by atoms with E-state index >= 15 is 0 Å². The van der Waals surface area contributed by atoms with Crippen LogP contribution in [-0.4, -0.2) is 65.4 Å². The number of nitrogens with one attached hydrogen (secondary N) is 1. The summed E-state index contributed by atoms with van der Waals surface area (Å²) in [6, 6.07) is 1.77. The van der Waals surface area contributed by atoms with Gasteiger partial charge in [-0.1, -0.05) is 0 Å². The summed E-state index contributed by atoms with van der Waals surface area (Å²) in [5.74, 6) is 0.162. The average molecular weight is 374 g/mol. The van der Waals surface area contributed by atoms with Gasteiger partial charge in [0.1, 0.15) is 11.4 Å². The van der Waals surface area contributed by atoms with Gasteiger partial charge in [-0.05, 0) is 38.5 Å². The molecule has 3 heterocycles. The Morgan fingerprint density at radius 2 is 2.11 bits per heavy atom. The molecule has 1 aromatic rings. The molecule has 27 heavy (non-hydrogen) atoms. The SMILES string of the molecule is CC(C)(C)OC(=O)C=Cc1cnc2c(c1)CN(CN1CCOCC1)C(=O)N2. The number of carbonyl (C=O) groups is 2. The molecule has 3 rings (SSSR count). The summed E-state index contributed by atoms with van der Waals surface area (Å²) in [6.07, 6.45) is 4.68. The highest BCUT2D eigenvalue weighted by atomic mass is 16.6. The molecule has 0 atom stereocenters. The number of amides is 2. The van der Waals surface area contributed by atoms with Gasteiger partial charge in [0.15, 0.2) is 0 Å². The van der Waals surface area contributed by atoms with E-state index in [2.05, 4.69) is 15.2 Å². The second-order valence-electron chi connectivity index (χ2n) is 7.64. The lowest BCUT2D eigenvalue weighted by Crippen LogP contribution is -2.48. The van der Waals surface area contributed by atoms with Crippen molar-refractivity contribution in [3.05, 3.63) is 29.5 Å². The molecule has 0 unspecified atom stereocenters. The molecule has 0 aromatic carbocycles. The third-order valence-corrected chi connectivity index (χ3v) is 4.15. The lowest BCUT2D eigenvalue weighted by Gasteiger charge is -2.35. The molecule has 2 aliphatic rings. The predicted octanol–water partition coefficient (Wildman–Crippen LogP) is 2.07. The molecule has 0 aliphatic carbocycles. The van der Waals surface area contributed by atoms with Crippen molar-refractivity contribution >= 4 is 23.9 Å². The largest absolute Gasteiger partial charge is 0.457 e. The molecular weight excluding hydrogens is 348 g/mol. The van der Waals surface area contributed by atoms with Crippen molar-refractivity contribution in [1.82, 2.24) is 14.8 Å². The van der Waals surface area contributed by atoms with Gasteiger partial charge in [0, 0.05) is 30.9 Å². The highest BCUT2D eigenvalue weighted by molar-refractivity contribution is 5.91. The van der Waals surface area contributed by atoms with Gasteiger partial charge in [0.2, 0.25) is 0 Å². The van der Waals surface area contributed by atoms with Gasteiger partial charge in [-0.3, -0.25) is 10.2 Å². The first kappa shape index (κ1) is 19.3. The smallest absolute Gasteiger partial charge is 0.331 e. The lowest BCUT2D eigenvalue weighted by atomic mass is 10.1. The molecule has 146 valence electrons. The van der Waals surface area contributed by atoms with E-state index in [1.165, 1.54) is 6.08 Å². The number of ether oxygens (including phenoxy) is 2. The number of hydrogen-bond donors (Lipinski definition) is 1. The minimum absolute atomic E-state index is 0.154. The number of pyridine rings is 1. The second kappa shape index (κ2) is 8.06. The Labute approximate surface area is 159 Å². The van der Waals surface area contributed by atoms with E-state index in [4.69, 9.17) is 9.47 Å². The van der Waals surface area contributed by atoms with Crippen molar-refractivity contribution in [2.24, 2.45) is 0 Å². The van der Waals surface area contributed by atoms with Crippen LogP contribution in [0.25, 0.3) is 6.08 Å². The second-order valence-corrected chi connectivity index (χ2v) is 7.64. The Bertz CT molecular complexity index is 736. The molecule has 1 saturated heterocycles. The van der Waals surface area contributed by atoms with Crippen LogP contribution < -0.4 is 5.32 Å². The summed E-state index contributed by atoms with van der Waals surface area (Å²) in [6.45, 7) is 9.49. The van der Waals surface area contributed by atoms with Crippen molar-refractivity contribution < 1.29 is 19.1 Å². The van der Waals surface area contributed by atoms with Crippen LogP contribution in [0.3, 0.4) is 0 Å².